The molecule has 0 amide bonds. The molecule has 0 aliphatic rings. The van der Waals surface area contributed by atoms with Crippen LogP contribution >= 0.6 is 0 Å². The normalized spacial score (nSPS) is 10.9. The van der Waals surface area contributed by atoms with Gasteiger partial charge in [0.2, 0.25) is 5.88 Å². The van der Waals surface area contributed by atoms with Gasteiger partial charge in [0.15, 0.2) is 5.65 Å². The molecule has 0 aliphatic carbocycles. The SMILES string of the molecule is CCOc1[nH]n2cc(C)nc2c1N. The molecule has 13 heavy (non-hydrogen) atoms. The lowest BCUT2D eigenvalue weighted by Gasteiger charge is -1.98. The van der Waals surface area contributed by atoms with Crippen molar-refractivity contribution in [2.45, 2.75) is 13.8 Å². The Morgan fingerprint density at radius 2 is 2.46 bits per heavy atom. The highest BCUT2D eigenvalue weighted by molar-refractivity contribution is 5.70. The molecule has 0 fully saturated rings. The van der Waals surface area contributed by atoms with E-state index in [9.17, 15) is 0 Å². The first-order chi connectivity index (χ1) is 6.22. The van der Waals surface area contributed by atoms with Crippen molar-refractivity contribution < 1.29 is 4.74 Å². The van der Waals surface area contributed by atoms with Crippen LogP contribution in [-0.2, 0) is 0 Å². The summed E-state index contributed by atoms with van der Waals surface area (Å²) in [5.74, 6) is 0.588. The van der Waals surface area contributed by atoms with E-state index < -0.39 is 0 Å². The molecule has 0 bridgehead atoms. The monoisotopic (exact) mass is 180 g/mol. The number of aryl methyl sites for hydroxylation is 1. The molecule has 2 aromatic heterocycles. The van der Waals surface area contributed by atoms with E-state index in [1.165, 1.54) is 0 Å². The number of nitrogens with one attached hydrogen (secondary N) is 1. The number of nitrogens with zero attached hydrogens (tertiary/aromatic N) is 2. The summed E-state index contributed by atoms with van der Waals surface area (Å²) in [5.41, 5.74) is 8.02. The van der Waals surface area contributed by atoms with E-state index >= 15 is 0 Å². The third-order valence-electron chi connectivity index (χ3n) is 1.82. The minimum Gasteiger partial charge on any atom is -0.477 e. The van der Waals surface area contributed by atoms with Crippen LogP contribution in [0.4, 0.5) is 5.69 Å². The Kier molecular flexibility index (Phi) is 1.65. The fourth-order valence-electron chi connectivity index (χ4n) is 1.30. The third kappa shape index (κ3) is 1.12. The molecule has 0 saturated heterocycles. The molecule has 2 heterocycles. The number of hydrogen-bond donors (Lipinski definition) is 2. The van der Waals surface area contributed by atoms with Crippen LogP contribution in [0.5, 0.6) is 5.88 Å². The third-order valence-corrected chi connectivity index (χ3v) is 1.82. The van der Waals surface area contributed by atoms with Gasteiger partial charge in [0.1, 0.15) is 5.69 Å². The van der Waals surface area contributed by atoms with Gasteiger partial charge in [-0.2, -0.15) is 0 Å². The van der Waals surface area contributed by atoms with E-state index in [1.54, 1.807) is 4.52 Å². The zero-order valence-corrected chi connectivity index (χ0v) is 7.66. The first-order valence-electron chi connectivity index (χ1n) is 4.18. The van der Waals surface area contributed by atoms with Crippen LogP contribution in [0.1, 0.15) is 12.6 Å². The van der Waals surface area contributed by atoms with E-state index in [0.29, 0.717) is 18.2 Å². The molecular formula is C8H12N4O. The largest absolute Gasteiger partial charge is 0.477 e. The number of fused-ring (bicyclic) bond motifs is 1. The van der Waals surface area contributed by atoms with E-state index in [-0.39, 0.29) is 0 Å². The minimum absolute atomic E-state index is 0.565. The van der Waals surface area contributed by atoms with Crippen molar-refractivity contribution in [1.82, 2.24) is 14.6 Å². The van der Waals surface area contributed by atoms with Crippen molar-refractivity contribution in [1.29, 1.82) is 0 Å². The summed E-state index contributed by atoms with van der Waals surface area (Å²) in [6, 6.07) is 0. The molecule has 0 radical (unpaired) electrons. The maximum absolute atomic E-state index is 5.80. The van der Waals surface area contributed by atoms with Gasteiger partial charge < -0.3 is 10.5 Å². The number of imidazole rings is 1. The lowest BCUT2D eigenvalue weighted by Crippen LogP contribution is -1.95. The summed E-state index contributed by atoms with van der Waals surface area (Å²) in [6.07, 6.45) is 1.87. The van der Waals surface area contributed by atoms with E-state index in [1.807, 2.05) is 20.0 Å². The fourth-order valence-corrected chi connectivity index (χ4v) is 1.30. The quantitative estimate of drug-likeness (QED) is 0.723. The van der Waals surface area contributed by atoms with Crippen LogP contribution in [0, 0.1) is 6.92 Å². The van der Waals surface area contributed by atoms with E-state index in [2.05, 4.69) is 10.1 Å². The smallest absolute Gasteiger partial charge is 0.234 e. The number of anilines is 1. The highest BCUT2D eigenvalue weighted by Crippen LogP contribution is 2.24. The molecular weight excluding hydrogens is 168 g/mol. The Morgan fingerprint density at radius 3 is 3.08 bits per heavy atom. The molecule has 5 nitrogen and oxygen atoms in total. The number of H-pyrrole nitrogens is 1. The summed E-state index contributed by atoms with van der Waals surface area (Å²) in [7, 11) is 0. The Balaban J connectivity index is 2.56. The van der Waals surface area contributed by atoms with E-state index in [4.69, 9.17) is 10.5 Å². The van der Waals surface area contributed by atoms with Crippen molar-refractivity contribution in [3.63, 3.8) is 0 Å². The number of ether oxygens (including phenoxy) is 1. The molecule has 0 spiro atoms. The number of aromatic amines is 1. The van der Waals surface area contributed by atoms with Crippen LogP contribution in [0.15, 0.2) is 6.20 Å². The van der Waals surface area contributed by atoms with Gasteiger partial charge in [0.05, 0.1) is 18.5 Å². The van der Waals surface area contributed by atoms with Crippen LogP contribution in [-0.4, -0.2) is 21.2 Å². The number of hydrogen-bond acceptors (Lipinski definition) is 3. The number of aromatic nitrogens is 3. The summed E-state index contributed by atoms with van der Waals surface area (Å²) in [4.78, 5) is 4.24. The fraction of sp³-hybridized carbons (Fsp3) is 0.375. The van der Waals surface area contributed by atoms with Crippen molar-refractivity contribution in [3.05, 3.63) is 11.9 Å². The standard InChI is InChI=1S/C8H12N4O/c1-3-13-8-6(9)7-10-5(2)4-12(7)11-8/h4,11H,3,9H2,1-2H3. The summed E-state index contributed by atoms with van der Waals surface area (Å²) < 4.78 is 7.04. The molecule has 0 aliphatic heterocycles. The molecule has 2 aromatic rings. The molecule has 70 valence electrons. The predicted molar refractivity (Wildman–Crippen MR) is 49.9 cm³/mol. The van der Waals surface area contributed by atoms with Gasteiger partial charge in [0.25, 0.3) is 0 Å². The zero-order valence-electron chi connectivity index (χ0n) is 7.66. The Hall–Kier alpha value is -1.65. The second-order valence-corrected chi connectivity index (χ2v) is 2.86. The van der Waals surface area contributed by atoms with Gasteiger partial charge in [-0.3, -0.25) is 5.10 Å². The number of rotatable bonds is 2. The topological polar surface area (TPSA) is 68.3 Å². The highest BCUT2D eigenvalue weighted by Gasteiger charge is 2.10. The lowest BCUT2D eigenvalue weighted by atomic mass is 10.5. The molecule has 0 atom stereocenters. The molecule has 0 aromatic carbocycles. The average Bonchev–Trinajstić information content (AvgIpc) is 2.54. The predicted octanol–water partition coefficient (Wildman–Crippen LogP) is 0.952. The van der Waals surface area contributed by atoms with Gasteiger partial charge in [-0.05, 0) is 13.8 Å². The second kappa shape index (κ2) is 2.69. The van der Waals surface area contributed by atoms with Gasteiger partial charge >= 0.3 is 0 Å². The molecule has 0 saturated carbocycles. The van der Waals surface area contributed by atoms with Crippen molar-refractivity contribution in [2.75, 3.05) is 12.3 Å². The number of nitrogen functional groups attached to an aromatic ring is 1. The van der Waals surface area contributed by atoms with E-state index in [0.717, 1.165) is 11.3 Å². The van der Waals surface area contributed by atoms with Gasteiger partial charge in [-0.15, -0.1) is 0 Å². The molecule has 3 N–H and O–H groups in total. The minimum atomic E-state index is 0.565. The Bertz CT molecular complexity index is 428. The van der Waals surface area contributed by atoms with Crippen LogP contribution in [0.25, 0.3) is 5.65 Å². The first-order valence-corrected chi connectivity index (χ1v) is 4.18. The maximum Gasteiger partial charge on any atom is 0.234 e. The van der Waals surface area contributed by atoms with Crippen LogP contribution in [0.2, 0.25) is 0 Å². The van der Waals surface area contributed by atoms with Gasteiger partial charge in [-0.25, -0.2) is 9.50 Å². The Morgan fingerprint density at radius 1 is 1.69 bits per heavy atom. The summed E-state index contributed by atoms with van der Waals surface area (Å²) in [5, 5.41) is 2.99. The molecule has 0 unspecified atom stereocenters. The van der Waals surface area contributed by atoms with Crippen LogP contribution in [0.3, 0.4) is 0 Å². The highest BCUT2D eigenvalue weighted by atomic mass is 16.5. The molecule has 2 rings (SSSR count). The molecule has 5 heteroatoms. The Labute approximate surface area is 75.5 Å². The lowest BCUT2D eigenvalue weighted by molar-refractivity contribution is 0.326. The number of nitrogens with two attached hydrogens (primary N) is 1. The van der Waals surface area contributed by atoms with Crippen LogP contribution < -0.4 is 10.5 Å². The summed E-state index contributed by atoms with van der Waals surface area (Å²) in [6.45, 7) is 4.42. The average molecular weight is 180 g/mol. The van der Waals surface area contributed by atoms with Gasteiger partial charge in [0, 0.05) is 0 Å². The zero-order chi connectivity index (χ0) is 9.42. The first kappa shape index (κ1) is 7.97. The van der Waals surface area contributed by atoms with Crippen molar-refractivity contribution >= 4 is 11.3 Å². The van der Waals surface area contributed by atoms with Gasteiger partial charge in [-0.1, -0.05) is 0 Å². The second-order valence-electron chi connectivity index (χ2n) is 2.86. The summed E-state index contributed by atoms with van der Waals surface area (Å²) >= 11 is 0. The van der Waals surface area contributed by atoms with Crippen molar-refractivity contribution in [3.8, 4) is 5.88 Å². The maximum atomic E-state index is 5.80. The van der Waals surface area contributed by atoms with Crippen molar-refractivity contribution in [2.24, 2.45) is 0 Å².